The van der Waals surface area contributed by atoms with Gasteiger partial charge in [-0.05, 0) is 43.4 Å². The number of fused-ring (bicyclic) bond motifs is 1. The van der Waals surface area contributed by atoms with Gasteiger partial charge in [-0.3, -0.25) is 14.9 Å². The second kappa shape index (κ2) is 7.78. The Morgan fingerprint density at radius 2 is 1.78 bits per heavy atom. The monoisotopic (exact) mass is 431 g/mol. The number of imide groups is 1. The Labute approximate surface area is 185 Å². The number of urea groups is 1. The Hall–Kier alpha value is -3.68. The highest BCUT2D eigenvalue weighted by atomic mass is 16.2. The van der Waals surface area contributed by atoms with E-state index in [1.165, 1.54) is 0 Å². The first-order chi connectivity index (χ1) is 15.5. The molecule has 5 rings (SSSR count). The van der Waals surface area contributed by atoms with Gasteiger partial charge in [-0.1, -0.05) is 42.5 Å². The lowest BCUT2D eigenvalue weighted by Gasteiger charge is -2.34. The third-order valence-electron chi connectivity index (χ3n) is 6.72. The number of carbonyl (C=O) groups is 3. The Balaban J connectivity index is 1.39. The smallest absolute Gasteiger partial charge is 0.322 e. The Bertz CT molecular complexity index is 1190. The number of rotatable bonds is 4. The number of para-hydroxylation sites is 2. The van der Waals surface area contributed by atoms with Gasteiger partial charge < -0.3 is 15.2 Å². The summed E-state index contributed by atoms with van der Waals surface area (Å²) in [5, 5.41) is 8.27. The van der Waals surface area contributed by atoms with Crippen LogP contribution in [0, 0.1) is 5.92 Å². The highest BCUT2D eigenvalue weighted by Gasteiger charge is 2.49. The zero-order valence-corrected chi connectivity index (χ0v) is 17.8. The average Bonchev–Trinajstić information content (AvgIpc) is 3.28. The largest absolute Gasteiger partial charge is 0.342 e. The number of nitrogens with one attached hydrogen (secondary N) is 3. The van der Waals surface area contributed by atoms with Crippen molar-refractivity contribution in [2.24, 2.45) is 13.0 Å². The van der Waals surface area contributed by atoms with Crippen LogP contribution in [-0.2, 0) is 16.6 Å². The van der Waals surface area contributed by atoms with Crippen LogP contribution < -0.4 is 16.0 Å². The van der Waals surface area contributed by atoms with Crippen molar-refractivity contribution in [3.05, 3.63) is 66.0 Å². The van der Waals surface area contributed by atoms with Crippen molar-refractivity contribution in [1.29, 1.82) is 0 Å². The lowest BCUT2D eigenvalue weighted by Crippen LogP contribution is -2.51. The fourth-order valence-corrected chi connectivity index (χ4v) is 4.88. The predicted molar refractivity (Wildman–Crippen MR) is 119 cm³/mol. The van der Waals surface area contributed by atoms with E-state index < -0.39 is 17.6 Å². The lowest BCUT2D eigenvalue weighted by molar-refractivity contribution is -0.130. The summed E-state index contributed by atoms with van der Waals surface area (Å²) in [6.07, 6.45) is 1.96. The van der Waals surface area contributed by atoms with E-state index in [1.807, 2.05) is 66.2 Å². The van der Waals surface area contributed by atoms with Gasteiger partial charge in [0, 0.05) is 13.0 Å². The molecule has 1 aromatic heterocycles. The van der Waals surface area contributed by atoms with Crippen LogP contribution in [0.25, 0.3) is 11.0 Å². The van der Waals surface area contributed by atoms with Gasteiger partial charge in [0.1, 0.15) is 17.4 Å². The van der Waals surface area contributed by atoms with E-state index in [0.717, 1.165) is 22.4 Å². The standard InChI is InChI=1S/C24H25N5O3/c1-29-18-10-6-5-9-17(18)25-20(29)19(15-7-3-2-4-8-15)26-21(30)16-11-13-24(14-12-16)22(31)27-23(32)28-24/h2-10,16,19H,11-14H2,1H3,(H,26,30)(H2,27,28,31,32). The molecule has 1 saturated heterocycles. The third kappa shape index (κ3) is 3.41. The van der Waals surface area contributed by atoms with Crippen LogP contribution in [0.2, 0.25) is 0 Å². The van der Waals surface area contributed by atoms with Gasteiger partial charge in [0.25, 0.3) is 5.91 Å². The Kier molecular flexibility index (Phi) is 4.92. The van der Waals surface area contributed by atoms with E-state index in [-0.39, 0.29) is 17.7 Å². The number of hydrogen-bond donors (Lipinski definition) is 3. The van der Waals surface area contributed by atoms with Crippen molar-refractivity contribution in [3.8, 4) is 0 Å². The maximum absolute atomic E-state index is 13.3. The molecule has 1 unspecified atom stereocenters. The summed E-state index contributed by atoms with van der Waals surface area (Å²) in [5.74, 6) is 0.181. The number of benzene rings is 2. The number of amides is 4. The first-order valence-electron chi connectivity index (χ1n) is 10.9. The van der Waals surface area contributed by atoms with E-state index in [2.05, 4.69) is 16.0 Å². The lowest BCUT2D eigenvalue weighted by atomic mass is 9.76. The van der Waals surface area contributed by atoms with E-state index in [4.69, 9.17) is 4.98 Å². The molecule has 8 heteroatoms. The number of aromatic nitrogens is 2. The third-order valence-corrected chi connectivity index (χ3v) is 6.72. The van der Waals surface area contributed by atoms with Crippen molar-refractivity contribution < 1.29 is 14.4 Å². The molecule has 2 aromatic carbocycles. The van der Waals surface area contributed by atoms with Crippen molar-refractivity contribution in [2.45, 2.75) is 37.3 Å². The minimum Gasteiger partial charge on any atom is -0.342 e. The molecule has 1 atom stereocenters. The highest BCUT2D eigenvalue weighted by Crippen LogP contribution is 2.35. The van der Waals surface area contributed by atoms with Crippen molar-refractivity contribution >= 4 is 28.9 Å². The molecule has 3 N–H and O–H groups in total. The first-order valence-corrected chi connectivity index (χ1v) is 10.9. The zero-order valence-electron chi connectivity index (χ0n) is 17.8. The van der Waals surface area contributed by atoms with E-state index in [0.29, 0.717) is 25.7 Å². The average molecular weight is 431 g/mol. The molecular weight excluding hydrogens is 406 g/mol. The summed E-state index contributed by atoms with van der Waals surface area (Å²) in [4.78, 5) is 41.9. The second-order valence-electron chi connectivity index (χ2n) is 8.63. The fourth-order valence-electron chi connectivity index (χ4n) is 4.88. The summed E-state index contributed by atoms with van der Waals surface area (Å²) in [5.41, 5.74) is 1.96. The van der Waals surface area contributed by atoms with Crippen LogP contribution in [0.15, 0.2) is 54.6 Å². The van der Waals surface area contributed by atoms with Gasteiger partial charge in [-0.25, -0.2) is 9.78 Å². The molecule has 1 aliphatic heterocycles. The molecule has 3 aromatic rings. The number of carbonyl (C=O) groups excluding carboxylic acids is 3. The summed E-state index contributed by atoms with van der Waals surface area (Å²) >= 11 is 0. The highest BCUT2D eigenvalue weighted by molar-refractivity contribution is 6.07. The minimum atomic E-state index is -0.871. The first kappa shape index (κ1) is 20.2. The minimum absolute atomic E-state index is 0.0644. The summed E-state index contributed by atoms with van der Waals surface area (Å²) in [6.45, 7) is 0. The number of imidazole rings is 1. The van der Waals surface area contributed by atoms with E-state index in [9.17, 15) is 14.4 Å². The predicted octanol–water partition coefficient (Wildman–Crippen LogP) is 2.55. The zero-order chi connectivity index (χ0) is 22.3. The van der Waals surface area contributed by atoms with E-state index >= 15 is 0 Å². The van der Waals surface area contributed by atoms with E-state index in [1.54, 1.807) is 0 Å². The normalized spacial score (nSPS) is 23.7. The van der Waals surface area contributed by atoms with Crippen LogP contribution in [0.4, 0.5) is 4.79 Å². The second-order valence-corrected chi connectivity index (χ2v) is 8.63. The molecule has 8 nitrogen and oxygen atoms in total. The van der Waals surface area contributed by atoms with Crippen molar-refractivity contribution in [3.63, 3.8) is 0 Å². The van der Waals surface area contributed by atoms with Gasteiger partial charge in [-0.15, -0.1) is 0 Å². The summed E-state index contributed by atoms with van der Waals surface area (Å²) in [6, 6.07) is 16.9. The SMILES string of the molecule is Cn1c(C(NC(=O)C2CCC3(CC2)NC(=O)NC3=O)c2ccccc2)nc2ccccc21. The summed E-state index contributed by atoms with van der Waals surface area (Å²) in [7, 11) is 1.96. The van der Waals surface area contributed by atoms with Crippen molar-refractivity contribution in [1.82, 2.24) is 25.5 Å². The van der Waals surface area contributed by atoms with Crippen molar-refractivity contribution in [2.75, 3.05) is 0 Å². The van der Waals surface area contributed by atoms with Gasteiger partial charge in [0.05, 0.1) is 11.0 Å². The number of aryl methyl sites for hydroxylation is 1. The molecular formula is C24H25N5O3. The van der Waals surface area contributed by atoms with Gasteiger partial charge in [-0.2, -0.15) is 0 Å². The molecule has 32 heavy (non-hydrogen) atoms. The topological polar surface area (TPSA) is 105 Å². The van der Waals surface area contributed by atoms with Crippen LogP contribution >= 0.6 is 0 Å². The van der Waals surface area contributed by atoms with Gasteiger partial charge >= 0.3 is 6.03 Å². The summed E-state index contributed by atoms with van der Waals surface area (Å²) < 4.78 is 2.02. The molecule has 2 fully saturated rings. The molecule has 0 bridgehead atoms. The number of hydrogen-bond acceptors (Lipinski definition) is 4. The number of nitrogens with zero attached hydrogens (tertiary/aromatic N) is 2. The Morgan fingerprint density at radius 1 is 1.09 bits per heavy atom. The maximum atomic E-state index is 13.3. The van der Waals surface area contributed by atoms with Crippen LogP contribution in [0.5, 0.6) is 0 Å². The van der Waals surface area contributed by atoms with Gasteiger partial charge in [0.2, 0.25) is 5.91 Å². The van der Waals surface area contributed by atoms with Crippen LogP contribution in [0.3, 0.4) is 0 Å². The maximum Gasteiger partial charge on any atom is 0.322 e. The fraction of sp³-hybridized carbons (Fsp3) is 0.333. The van der Waals surface area contributed by atoms with Crippen LogP contribution in [-0.4, -0.2) is 32.9 Å². The molecule has 4 amide bonds. The molecule has 2 aliphatic rings. The molecule has 2 heterocycles. The molecule has 0 radical (unpaired) electrons. The quantitative estimate of drug-likeness (QED) is 0.552. The molecule has 1 saturated carbocycles. The molecule has 1 spiro atoms. The van der Waals surface area contributed by atoms with Gasteiger partial charge in [0.15, 0.2) is 0 Å². The molecule has 1 aliphatic carbocycles. The molecule has 164 valence electrons. The van der Waals surface area contributed by atoms with Crippen LogP contribution in [0.1, 0.15) is 43.1 Å². The Morgan fingerprint density at radius 3 is 2.44 bits per heavy atom.